The number of ether oxygens (including phenoxy) is 1. The van der Waals surface area contributed by atoms with Crippen LogP contribution in [0.2, 0.25) is 0 Å². The molecule has 0 aliphatic heterocycles. The first-order valence-electron chi connectivity index (χ1n) is 6.02. The van der Waals surface area contributed by atoms with Gasteiger partial charge in [0.05, 0.1) is 10.0 Å². The summed E-state index contributed by atoms with van der Waals surface area (Å²) < 4.78 is 6.26. The zero-order valence-corrected chi connectivity index (χ0v) is 12.5. The molecule has 0 radical (unpaired) electrons. The lowest BCUT2D eigenvalue weighted by Gasteiger charge is -2.09. The first-order valence-corrected chi connectivity index (χ1v) is 6.81. The summed E-state index contributed by atoms with van der Waals surface area (Å²) in [4.78, 5) is 21.9. The number of benzene rings is 2. The minimum Gasteiger partial charge on any atom is -0.488 e. The Bertz CT molecular complexity index is 683. The standard InChI is InChI=1S/C15H12BrNO4/c16-12-6-5-11(15(19)20)7-13(12)21-8-9-1-3-10(4-2-9)14(17)18/h1-7H,8H2,(H2,17,18)(H,19,20). The molecule has 0 saturated heterocycles. The molecule has 0 spiro atoms. The topological polar surface area (TPSA) is 89.6 Å². The van der Waals surface area contributed by atoms with Gasteiger partial charge in [0.25, 0.3) is 0 Å². The lowest BCUT2D eigenvalue weighted by atomic mass is 10.1. The van der Waals surface area contributed by atoms with Gasteiger partial charge in [-0.25, -0.2) is 4.79 Å². The van der Waals surface area contributed by atoms with E-state index in [4.69, 9.17) is 15.6 Å². The molecule has 2 aromatic rings. The molecule has 21 heavy (non-hydrogen) atoms. The second-order valence-electron chi connectivity index (χ2n) is 4.30. The highest BCUT2D eigenvalue weighted by atomic mass is 79.9. The Morgan fingerprint density at radius 2 is 1.71 bits per heavy atom. The molecule has 0 aliphatic rings. The number of carboxylic acids is 1. The number of aromatic carboxylic acids is 1. The summed E-state index contributed by atoms with van der Waals surface area (Å²) in [6.07, 6.45) is 0. The van der Waals surface area contributed by atoms with Crippen LogP contribution in [0.3, 0.4) is 0 Å². The van der Waals surface area contributed by atoms with Gasteiger partial charge in [-0.15, -0.1) is 0 Å². The Morgan fingerprint density at radius 3 is 2.29 bits per heavy atom. The van der Waals surface area contributed by atoms with Gasteiger partial charge in [0.2, 0.25) is 5.91 Å². The molecule has 5 nitrogen and oxygen atoms in total. The van der Waals surface area contributed by atoms with Crippen LogP contribution < -0.4 is 10.5 Å². The maximum atomic E-state index is 11.0. The molecule has 0 aromatic heterocycles. The van der Waals surface area contributed by atoms with Crippen molar-refractivity contribution in [3.05, 3.63) is 63.6 Å². The summed E-state index contributed by atoms with van der Waals surface area (Å²) >= 11 is 3.30. The van der Waals surface area contributed by atoms with Gasteiger partial charge >= 0.3 is 5.97 Å². The van der Waals surface area contributed by atoms with Crippen molar-refractivity contribution in [2.75, 3.05) is 0 Å². The van der Waals surface area contributed by atoms with E-state index in [9.17, 15) is 9.59 Å². The van der Waals surface area contributed by atoms with Gasteiger partial charge in [-0.3, -0.25) is 4.79 Å². The molecule has 0 unspecified atom stereocenters. The van der Waals surface area contributed by atoms with Crippen molar-refractivity contribution in [3.8, 4) is 5.75 Å². The fourth-order valence-corrected chi connectivity index (χ4v) is 2.03. The highest BCUT2D eigenvalue weighted by molar-refractivity contribution is 9.10. The molecule has 0 fully saturated rings. The molecule has 0 heterocycles. The van der Waals surface area contributed by atoms with Crippen LogP contribution in [0.1, 0.15) is 26.3 Å². The van der Waals surface area contributed by atoms with Crippen LogP contribution in [0, 0.1) is 0 Å². The fraction of sp³-hybridized carbons (Fsp3) is 0.0667. The number of rotatable bonds is 5. The van der Waals surface area contributed by atoms with Crippen LogP contribution in [0.25, 0.3) is 0 Å². The van der Waals surface area contributed by atoms with E-state index in [0.29, 0.717) is 15.8 Å². The Kier molecular flexibility index (Phi) is 4.59. The molecule has 6 heteroatoms. The average Bonchev–Trinajstić information content (AvgIpc) is 2.46. The van der Waals surface area contributed by atoms with Gasteiger partial charge in [0, 0.05) is 5.56 Å². The number of halogens is 1. The summed E-state index contributed by atoms with van der Waals surface area (Å²) in [5.41, 5.74) is 6.58. The number of primary amides is 1. The maximum absolute atomic E-state index is 11.0. The Morgan fingerprint density at radius 1 is 1.10 bits per heavy atom. The van der Waals surface area contributed by atoms with E-state index in [1.807, 2.05) is 0 Å². The number of amides is 1. The second kappa shape index (κ2) is 6.41. The van der Waals surface area contributed by atoms with Crippen molar-refractivity contribution >= 4 is 27.8 Å². The smallest absolute Gasteiger partial charge is 0.335 e. The van der Waals surface area contributed by atoms with E-state index in [1.165, 1.54) is 12.1 Å². The summed E-state index contributed by atoms with van der Waals surface area (Å²) in [6.45, 7) is 0.251. The van der Waals surface area contributed by atoms with Crippen molar-refractivity contribution in [1.82, 2.24) is 0 Å². The van der Waals surface area contributed by atoms with Gasteiger partial charge in [-0.2, -0.15) is 0 Å². The first-order chi connectivity index (χ1) is 9.97. The Labute approximate surface area is 129 Å². The van der Waals surface area contributed by atoms with Crippen molar-refractivity contribution < 1.29 is 19.4 Å². The van der Waals surface area contributed by atoms with Crippen LogP contribution in [0.5, 0.6) is 5.75 Å². The quantitative estimate of drug-likeness (QED) is 0.868. The molecule has 2 rings (SSSR count). The lowest BCUT2D eigenvalue weighted by Crippen LogP contribution is -2.10. The van der Waals surface area contributed by atoms with Gasteiger partial charge < -0.3 is 15.6 Å². The van der Waals surface area contributed by atoms with Crippen molar-refractivity contribution in [1.29, 1.82) is 0 Å². The average molecular weight is 350 g/mol. The van der Waals surface area contributed by atoms with E-state index < -0.39 is 11.9 Å². The monoisotopic (exact) mass is 349 g/mol. The van der Waals surface area contributed by atoms with Crippen LogP contribution in [-0.2, 0) is 6.61 Å². The third-order valence-corrected chi connectivity index (χ3v) is 3.47. The van der Waals surface area contributed by atoms with Gasteiger partial charge in [-0.1, -0.05) is 12.1 Å². The summed E-state index contributed by atoms with van der Waals surface area (Å²) in [7, 11) is 0. The lowest BCUT2D eigenvalue weighted by molar-refractivity contribution is 0.0696. The zero-order chi connectivity index (χ0) is 15.4. The minimum atomic E-state index is -1.02. The van der Waals surface area contributed by atoms with Crippen molar-refractivity contribution in [2.24, 2.45) is 5.73 Å². The second-order valence-corrected chi connectivity index (χ2v) is 5.15. The van der Waals surface area contributed by atoms with Crippen molar-refractivity contribution in [2.45, 2.75) is 6.61 Å². The SMILES string of the molecule is NC(=O)c1ccc(COc2cc(C(=O)O)ccc2Br)cc1. The zero-order valence-electron chi connectivity index (χ0n) is 10.9. The molecule has 0 saturated carbocycles. The number of nitrogens with two attached hydrogens (primary N) is 1. The number of carbonyl (C=O) groups is 2. The molecule has 108 valence electrons. The molecule has 1 amide bonds. The normalized spacial score (nSPS) is 10.1. The van der Waals surface area contributed by atoms with E-state index in [1.54, 1.807) is 30.3 Å². The maximum Gasteiger partial charge on any atom is 0.335 e. The summed E-state index contributed by atoms with van der Waals surface area (Å²) in [5.74, 6) is -1.06. The molecular formula is C15H12BrNO4. The fourth-order valence-electron chi connectivity index (χ4n) is 1.67. The van der Waals surface area contributed by atoms with Crippen LogP contribution >= 0.6 is 15.9 Å². The summed E-state index contributed by atoms with van der Waals surface area (Å²) in [5, 5.41) is 8.95. The van der Waals surface area contributed by atoms with Crippen LogP contribution in [0.4, 0.5) is 0 Å². The van der Waals surface area contributed by atoms with E-state index in [2.05, 4.69) is 15.9 Å². The van der Waals surface area contributed by atoms with E-state index >= 15 is 0 Å². The number of hydrogen-bond donors (Lipinski definition) is 2. The molecule has 0 bridgehead atoms. The minimum absolute atomic E-state index is 0.150. The van der Waals surface area contributed by atoms with E-state index in [0.717, 1.165) is 5.56 Å². The van der Waals surface area contributed by atoms with Gasteiger partial charge in [-0.05, 0) is 51.8 Å². The largest absolute Gasteiger partial charge is 0.488 e. The molecule has 3 N–H and O–H groups in total. The third-order valence-electron chi connectivity index (χ3n) is 2.81. The highest BCUT2D eigenvalue weighted by Crippen LogP contribution is 2.27. The number of carbonyl (C=O) groups excluding carboxylic acids is 1. The number of carboxylic acid groups (broad SMARTS) is 1. The molecule has 0 aliphatic carbocycles. The third kappa shape index (κ3) is 3.82. The Hall–Kier alpha value is -2.34. The van der Waals surface area contributed by atoms with Gasteiger partial charge in [0.1, 0.15) is 12.4 Å². The first kappa shape index (κ1) is 15.1. The van der Waals surface area contributed by atoms with Crippen LogP contribution in [-0.4, -0.2) is 17.0 Å². The molecule has 2 aromatic carbocycles. The molecule has 0 atom stereocenters. The highest BCUT2D eigenvalue weighted by Gasteiger charge is 2.08. The predicted molar refractivity (Wildman–Crippen MR) is 80.4 cm³/mol. The van der Waals surface area contributed by atoms with Crippen molar-refractivity contribution in [3.63, 3.8) is 0 Å². The number of hydrogen-bond acceptors (Lipinski definition) is 3. The Balaban J connectivity index is 2.10. The molecular weight excluding hydrogens is 338 g/mol. The summed E-state index contributed by atoms with van der Waals surface area (Å²) in [6, 6.07) is 11.2. The predicted octanol–water partition coefficient (Wildman–Crippen LogP) is 2.83. The van der Waals surface area contributed by atoms with Gasteiger partial charge in [0.15, 0.2) is 0 Å². The van der Waals surface area contributed by atoms with Crippen LogP contribution in [0.15, 0.2) is 46.9 Å². The van der Waals surface area contributed by atoms with E-state index in [-0.39, 0.29) is 12.2 Å².